The number of rotatable bonds is 6. The third-order valence-electron chi connectivity index (χ3n) is 3.95. The van der Waals surface area contributed by atoms with Gasteiger partial charge in [0.25, 0.3) is 0 Å². The smallest absolute Gasteiger partial charge is 0.319 e. The van der Waals surface area contributed by atoms with Crippen molar-refractivity contribution in [2.75, 3.05) is 11.9 Å². The van der Waals surface area contributed by atoms with Crippen LogP contribution in [0.1, 0.15) is 56.6 Å². The number of carboxylic acid groups (broad SMARTS) is 1. The van der Waals surface area contributed by atoms with Crippen molar-refractivity contribution >= 4 is 17.7 Å². The molecule has 1 fully saturated rings. The zero-order valence-electron chi connectivity index (χ0n) is 13.0. The summed E-state index contributed by atoms with van der Waals surface area (Å²) in [6, 6.07) is -0.310. The Labute approximate surface area is 130 Å². The molecule has 0 aromatic carbocycles. The van der Waals surface area contributed by atoms with Gasteiger partial charge in [0.15, 0.2) is 0 Å². The highest BCUT2D eigenvalue weighted by Gasteiger charge is 2.22. The molecule has 122 valence electrons. The summed E-state index contributed by atoms with van der Waals surface area (Å²) in [6.45, 7) is 0.344. The first kappa shape index (κ1) is 16.3. The molecule has 0 unspecified atom stereocenters. The van der Waals surface area contributed by atoms with Crippen molar-refractivity contribution < 1.29 is 14.7 Å². The summed E-state index contributed by atoms with van der Waals surface area (Å²) in [5.41, 5.74) is 1.72. The Hall–Kier alpha value is -2.05. The molecule has 0 radical (unpaired) electrons. The molecule has 1 aliphatic carbocycles. The highest BCUT2D eigenvalue weighted by molar-refractivity contribution is 5.89. The van der Waals surface area contributed by atoms with Gasteiger partial charge in [0.1, 0.15) is 0 Å². The van der Waals surface area contributed by atoms with E-state index in [2.05, 4.69) is 15.7 Å². The zero-order chi connectivity index (χ0) is 15.9. The minimum absolute atomic E-state index is 0.0560. The lowest BCUT2D eigenvalue weighted by Gasteiger charge is -2.21. The molecule has 7 heteroatoms. The fourth-order valence-corrected chi connectivity index (χ4v) is 2.89. The molecule has 22 heavy (non-hydrogen) atoms. The second-order valence-corrected chi connectivity index (χ2v) is 5.81. The molecule has 1 heterocycles. The van der Waals surface area contributed by atoms with Gasteiger partial charge >= 0.3 is 12.0 Å². The number of aryl methyl sites for hydroxylation is 1. The van der Waals surface area contributed by atoms with Crippen molar-refractivity contribution in [2.45, 2.75) is 50.9 Å². The highest BCUT2D eigenvalue weighted by atomic mass is 16.4. The maximum Gasteiger partial charge on any atom is 0.319 e. The van der Waals surface area contributed by atoms with Gasteiger partial charge in [0.05, 0.1) is 11.4 Å². The molecule has 0 bridgehead atoms. The monoisotopic (exact) mass is 308 g/mol. The average Bonchev–Trinajstić information content (AvgIpc) is 2.85. The SMILES string of the molecule is Cn1cc(NC(=O)NCCCC(=O)O)c(C2CCCCC2)n1. The number of carbonyl (C=O) groups is 2. The molecule has 2 rings (SSSR count). The van der Waals surface area contributed by atoms with Gasteiger partial charge < -0.3 is 15.7 Å². The number of carbonyl (C=O) groups excluding carboxylic acids is 1. The van der Waals surface area contributed by atoms with Gasteiger partial charge in [-0.3, -0.25) is 9.48 Å². The van der Waals surface area contributed by atoms with Gasteiger partial charge in [-0.15, -0.1) is 0 Å². The fourth-order valence-electron chi connectivity index (χ4n) is 2.89. The van der Waals surface area contributed by atoms with Crippen molar-refractivity contribution in [1.82, 2.24) is 15.1 Å². The van der Waals surface area contributed by atoms with E-state index in [1.807, 2.05) is 13.2 Å². The third kappa shape index (κ3) is 4.75. The van der Waals surface area contributed by atoms with Gasteiger partial charge in [0, 0.05) is 32.1 Å². The van der Waals surface area contributed by atoms with E-state index < -0.39 is 5.97 Å². The zero-order valence-corrected chi connectivity index (χ0v) is 13.0. The number of carboxylic acids is 1. The number of urea groups is 1. The van der Waals surface area contributed by atoms with Crippen LogP contribution in [0, 0.1) is 0 Å². The molecule has 0 spiro atoms. The van der Waals surface area contributed by atoms with Gasteiger partial charge in [-0.25, -0.2) is 4.79 Å². The first-order chi connectivity index (χ1) is 10.6. The molecule has 1 aromatic rings. The van der Waals surface area contributed by atoms with E-state index in [1.54, 1.807) is 4.68 Å². The number of aromatic nitrogens is 2. The quantitative estimate of drug-likeness (QED) is 0.703. The molecule has 1 aliphatic rings. The molecule has 0 saturated heterocycles. The van der Waals surface area contributed by atoms with Crippen LogP contribution in [-0.2, 0) is 11.8 Å². The van der Waals surface area contributed by atoms with E-state index in [-0.39, 0.29) is 12.5 Å². The Bertz CT molecular complexity index is 521. The largest absolute Gasteiger partial charge is 0.481 e. The van der Waals surface area contributed by atoms with Crippen LogP contribution in [0.3, 0.4) is 0 Å². The van der Waals surface area contributed by atoms with Crippen molar-refractivity contribution in [1.29, 1.82) is 0 Å². The second kappa shape index (κ2) is 7.82. The predicted octanol–water partition coefficient (Wildman–Crippen LogP) is 2.45. The Morgan fingerprint density at radius 1 is 1.36 bits per heavy atom. The van der Waals surface area contributed by atoms with E-state index in [1.165, 1.54) is 19.3 Å². The molecule has 1 aromatic heterocycles. The lowest BCUT2D eigenvalue weighted by atomic mass is 9.86. The van der Waals surface area contributed by atoms with Crippen LogP contribution in [0.4, 0.5) is 10.5 Å². The summed E-state index contributed by atoms with van der Waals surface area (Å²) in [6.07, 6.45) is 8.23. The molecule has 1 saturated carbocycles. The summed E-state index contributed by atoms with van der Waals surface area (Å²) in [5, 5.41) is 18.6. The standard InChI is InChI=1S/C15H24N4O3/c1-19-10-12(14(18-19)11-6-3-2-4-7-11)17-15(22)16-9-5-8-13(20)21/h10-11H,2-9H2,1H3,(H,20,21)(H2,16,17,22). The normalized spacial score (nSPS) is 15.5. The number of nitrogens with one attached hydrogen (secondary N) is 2. The molecule has 3 N–H and O–H groups in total. The van der Waals surface area contributed by atoms with E-state index in [0.717, 1.165) is 24.2 Å². The Morgan fingerprint density at radius 3 is 2.77 bits per heavy atom. The van der Waals surface area contributed by atoms with Gasteiger partial charge in [0.2, 0.25) is 0 Å². The average molecular weight is 308 g/mol. The first-order valence-corrected chi connectivity index (χ1v) is 7.86. The van der Waals surface area contributed by atoms with Crippen LogP contribution in [0.15, 0.2) is 6.20 Å². The van der Waals surface area contributed by atoms with Gasteiger partial charge in [-0.05, 0) is 19.3 Å². The van der Waals surface area contributed by atoms with Crippen molar-refractivity contribution in [3.05, 3.63) is 11.9 Å². The van der Waals surface area contributed by atoms with E-state index in [0.29, 0.717) is 18.9 Å². The summed E-state index contributed by atoms with van der Waals surface area (Å²) in [4.78, 5) is 22.3. The maximum absolute atomic E-state index is 11.9. The van der Waals surface area contributed by atoms with Crippen LogP contribution in [0.25, 0.3) is 0 Å². The van der Waals surface area contributed by atoms with Crippen molar-refractivity contribution in [3.63, 3.8) is 0 Å². The number of anilines is 1. The molecular weight excluding hydrogens is 284 g/mol. The van der Waals surface area contributed by atoms with Crippen LogP contribution >= 0.6 is 0 Å². The summed E-state index contributed by atoms with van der Waals surface area (Å²) in [5.74, 6) is -0.439. The van der Waals surface area contributed by atoms with Gasteiger partial charge in [-0.1, -0.05) is 19.3 Å². The van der Waals surface area contributed by atoms with Crippen molar-refractivity contribution in [2.24, 2.45) is 7.05 Å². The molecule has 0 aliphatic heterocycles. The Morgan fingerprint density at radius 2 is 2.09 bits per heavy atom. The maximum atomic E-state index is 11.9. The van der Waals surface area contributed by atoms with Crippen LogP contribution in [0.5, 0.6) is 0 Å². The lowest BCUT2D eigenvalue weighted by molar-refractivity contribution is -0.137. The van der Waals surface area contributed by atoms with Crippen LogP contribution in [-0.4, -0.2) is 33.4 Å². The van der Waals surface area contributed by atoms with E-state index >= 15 is 0 Å². The van der Waals surface area contributed by atoms with Crippen LogP contribution in [0.2, 0.25) is 0 Å². The molecule has 7 nitrogen and oxygen atoms in total. The Kier molecular flexibility index (Phi) is 5.80. The molecule has 0 atom stereocenters. The minimum atomic E-state index is -0.853. The van der Waals surface area contributed by atoms with Gasteiger partial charge in [-0.2, -0.15) is 5.10 Å². The summed E-state index contributed by atoms with van der Waals surface area (Å²) >= 11 is 0. The number of hydrogen-bond acceptors (Lipinski definition) is 3. The number of hydrogen-bond donors (Lipinski definition) is 3. The predicted molar refractivity (Wildman–Crippen MR) is 82.9 cm³/mol. The first-order valence-electron chi connectivity index (χ1n) is 7.86. The molecular formula is C15H24N4O3. The number of nitrogens with zero attached hydrogens (tertiary/aromatic N) is 2. The van der Waals surface area contributed by atoms with E-state index in [9.17, 15) is 9.59 Å². The summed E-state index contributed by atoms with van der Waals surface area (Å²) < 4.78 is 1.73. The second-order valence-electron chi connectivity index (χ2n) is 5.81. The molecule has 2 amide bonds. The number of amides is 2. The Balaban J connectivity index is 1.88. The fraction of sp³-hybridized carbons (Fsp3) is 0.667. The third-order valence-corrected chi connectivity index (χ3v) is 3.95. The minimum Gasteiger partial charge on any atom is -0.481 e. The topological polar surface area (TPSA) is 96.2 Å². The van der Waals surface area contributed by atoms with Crippen molar-refractivity contribution in [3.8, 4) is 0 Å². The highest BCUT2D eigenvalue weighted by Crippen LogP contribution is 2.35. The van der Waals surface area contributed by atoms with E-state index in [4.69, 9.17) is 5.11 Å². The summed E-state index contributed by atoms with van der Waals surface area (Å²) in [7, 11) is 1.85. The number of aliphatic carboxylic acids is 1. The van der Waals surface area contributed by atoms with Crippen LogP contribution < -0.4 is 10.6 Å². The lowest BCUT2D eigenvalue weighted by Crippen LogP contribution is -2.30.